The molecule has 0 amide bonds. The minimum absolute atomic E-state index is 0.0529. The molecule has 0 aliphatic heterocycles. The van der Waals surface area contributed by atoms with Gasteiger partial charge in [-0.2, -0.15) is 0 Å². The highest BCUT2D eigenvalue weighted by atomic mass is 16.5. The summed E-state index contributed by atoms with van der Waals surface area (Å²) < 4.78 is 7.29. The molecular formula is C36H44N2O. The first-order chi connectivity index (χ1) is 18.3. The van der Waals surface area contributed by atoms with Crippen LogP contribution in [0.1, 0.15) is 98.3 Å². The second-order valence-electron chi connectivity index (χ2n) is 12.8. The van der Waals surface area contributed by atoms with Crippen LogP contribution in [-0.2, 0) is 15.6 Å². The average molecular weight is 521 g/mol. The lowest BCUT2D eigenvalue weighted by atomic mass is 9.82. The van der Waals surface area contributed by atoms with Crippen LogP contribution in [0, 0.1) is 13.8 Å². The number of hydrogen-bond acceptors (Lipinski definition) is 3. The van der Waals surface area contributed by atoms with Gasteiger partial charge >= 0.3 is 0 Å². The van der Waals surface area contributed by atoms with Gasteiger partial charge in [0.05, 0.1) is 0 Å². The van der Waals surface area contributed by atoms with Gasteiger partial charge < -0.3 is 16.2 Å². The summed E-state index contributed by atoms with van der Waals surface area (Å²) in [5, 5.41) is 0. The Bertz CT molecular complexity index is 1320. The molecule has 3 nitrogen and oxygen atoms in total. The van der Waals surface area contributed by atoms with Gasteiger partial charge in [-0.25, -0.2) is 0 Å². The van der Waals surface area contributed by atoms with E-state index in [0.717, 1.165) is 44.8 Å². The molecule has 0 radical (unpaired) electrons. The predicted molar refractivity (Wildman–Crippen MR) is 166 cm³/mol. The Hall–Kier alpha value is -3.56. The quantitative estimate of drug-likeness (QED) is 0.249. The highest BCUT2D eigenvalue weighted by molar-refractivity contribution is 5.58. The molecule has 0 heterocycles. The van der Waals surface area contributed by atoms with Gasteiger partial charge in [-0.3, -0.25) is 0 Å². The Morgan fingerprint density at radius 2 is 0.872 bits per heavy atom. The van der Waals surface area contributed by atoms with Crippen molar-refractivity contribution in [1.29, 1.82) is 0 Å². The largest absolute Gasteiger partial charge is 0.398 e. The zero-order valence-electron chi connectivity index (χ0n) is 24.8. The molecule has 0 saturated carbocycles. The summed E-state index contributed by atoms with van der Waals surface area (Å²) in [6.07, 6.45) is -0.667. The fourth-order valence-corrected chi connectivity index (χ4v) is 4.99. The molecule has 4 N–H and O–H groups in total. The number of nitrogen functional groups attached to an aromatic ring is 2. The van der Waals surface area contributed by atoms with E-state index in [9.17, 15) is 0 Å². The van der Waals surface area contributed by atoms with Gasteiger partial charge in [0, 0.05) is 11.4 Å². The van der Waals surface area contributed by atoms with Crippen LogP contribution in [0.25, 0.3) is 0 Å². The maximum Gasteiger partial charge on any atom is 0.109 e. The molecule has 2 atom stereocenters. The lowest BCUT2D eigenvalue weighted by molar-refractivity contribution is 0.0301. The molecule has 0 spiro atoms. The van der Waals surface area contributed by atoms with E-state index in [0.29, 0.717) is 0 Å². The van der Waals surface area contributed by atoms with E-state index in [2.05, 4.69) is 128 Å². The summed E-state index contributed by atoms with van der Waals surface area (Å²) in [5.41, 5.74) is 23.5. The Kier molecular flexibility index (Phi) is 7.95. The first-order valence-electron chi connectivity index (χ1n) is 13.8. The molecule has 204 valence electrons. The molecule has 4 aromatic carbocycles. The Morgan fingerprint density at radius 3 is 1.18 bits per heavy atom. The van der Waals surface area contributed by atoms with Gasteiger partial charge in [0.15, 0.2) is 0 Å². The van der Waals surface area contributed by atoms with Gasteiger partial charge in [0.2, 0.25) is 0 Å². The number of rotatable bonds is 6. The topological polar surface area (TPSA) is 61.3 Å². The van der Waals surface area contributed by atoms with E-state index in [4.69, 9.17) is 16.2 Å². The molecular weight excluding hydrogens is 476 g/mol. The van der Waals surface area contributed by atoms with Crippen molar-refractivity contribution in [3.8, 4) is 0 Å². The van der Waals surface area contributed by atoms with E-state index in [1.165, 1.54) is 11.1 Å². The van der Waals surface area contributed by atoms with Crippen molar-refractivity contribution in [2.45, 2.75) is 78.4 Å². The Morgan fingerprint density at radius 1 is 0.538 bits per heavy atom. The zero-order chi connectivity index (χ0) is 28.5. The van der Waals surface area contributed by atoms with E-state index in [-0.39, 0.29) is 23.0 Å². The van der Waals surface area contributed by atoms with Crippen molar-refractivity contribution in [1.82, 2.24) is 0 Å². The van der Waals surface area contributed by atoms with E-state index in [1.54, 1.807) is 0 Å². The third-order valence-electron chi connectivity index (χ3n) is 7.75. The second-order valence-corrected chi connectivity index (χ2v) is 12.8. The zero-order valence-corrected chi connectivity index (χ0v) is 24.8. The molecule has 0 aliphatic rings. The molecule has 0 fully saturated rings. The third-order valence-corrected chi connectivity index (χ3v) is 7.75. The summed E-state index contributed by atoms with van der Waals surface area (Å²) in [4.78, 5) is 0. The van der Waals surface area contributed by atoms with Gasteiger partial charge in [0.1, 0.15) is 12.2 Å². The van der Waals surface area contributed by atoms with Crippen molar-refractivity contribution < 1.29 is 4.74 Å². The molecule has 0 bridgehead atoms. The SMILES string of the molecule is Cc1c(N)cc(C(C)(C)C)cc1C(OC(c1ccccc1)c1cc(C(C)(C)C)cc(N)c1C)c1ccccc1. The molecule has 3 heteroatoms. The molecule has 0 aromatic heterocycles. The second kappa shape index (κ2) is 10.9. The fourth-order valence-electron chi connectivity index (χ4n) is 4.99. The van der Waals surface area contributed by atoms with Crippen molar-refractivity contribution in [2.75, 3.05) is 11.5 Å². The maximum absolute atomic E-state index is 7.29. The van der Waals surface area contributed by atoms with Crippen LogP contribution in [0.15, 0.2) is 84.9 Å². The summed E-state index contributed by atoms with van der Waals surface area (Å²) in [6.45, 7) is 17.5. The predicted octanol–water partition coefficient (Wildman–Crippen LogP) is 8.96. The average Bonchev–Trinajstić information content (AvgIpc) is 2.88. The van der Waals surface area contributed by atoms with Crippen LogP contribution >= 0.6 is 0 Å². The van der Waals surface area contributed by atoms with Gasteiger partial charge in [-0.15, -0.1) is 0 Å². The number of nitrogens with two attached hydrogens (primary N) is 2. The molecule has 4 aromatic rings. The van der Waals surface area contributed by atoms with Crippen LogP contribution < -0.4 is 11.5 Å². The van der Waals surface area contributed by atoms with E-state index >= 15 is 0 Å². The van der Waals surface area contributed by atoms with Crippen LogP contribution in [-0.4, -0.2) is 0 Å². The van der Waals surface area contributed by atoms with Crippen LogP contribution in [0.2, 0.25) is 0 Å². The number of benzene rings is 4. The first-order valence-corrected chi connectivity index (χ1v) is 13.8. The van der Waals surface area contributed by atoms with Crippen molar-refractivity contribution >= 4 is 11.4 Å². The number of anilines is 2. The molecule has 2 unspecified atom stereocenters. The van der Waals surface area contributed by atoms with Crippen molar-refractivity contribution in [3.63, 3.8) is 0 Å². The Labute approximate surface area is 235 Å². The van der Waals surface area contributed by atoms with Crippen LogP contribution in [0.3, 0.4) is 0 Å². The maximum atomic E-state index is 7.29. The summed E-state index contributed by atoms with van der Waals surface area (Å²) >= 11 is 0. The first kappa shape index (κ1) is 28.4. The third kappa shape index (κ3) is 6.20. The summed E-state index contributed by atoms with van der Waals surface area (Å²) in [6, 6.07) is 29.7. The van der Waals surface area contributed by atoms with Crippen molar-refractivity contribution in [2.24, 2.45) is 0 Å². The monoisotopic (exact) mass is 520 g/mol. The minimum atomic E-state index is -0.333. The molecule has 0 aliphatic carbocycles. The molecule has 4 rings (SSSR count). The van der Waals surface area contributed by atoms with Gasteiger partial charge in [-0.1, -0.05) is 114 Å². The minimum Gasteiger partial charge on any atom is -0.398 e. The summed E-state index contributed by atoms with van der Waals surface area (Å²) in [5.74, 6) is 0. The Balaban J connectivity index is 1.97. The highest BCUT2D eigenvalue weighted by Crippen LogP contribution is 2.42. The van der Waals surface area contributed by atoms with Gasteiger partial charge in [-0.05, 0) is 81.3 Å². The number of ether oxygens (including phenoxy) is 1. The lowest BCUT2D eigenvalue weighted by Gasteiger charge is -2.31. The smallest absolute Gasteiger partial charge is 0.109 e. The van der Waals surface area contributed by atoms with E-state index in [1.807, 2.05) is 12.1 Å². The van der Waals surface area contributed by atoms with Crippen LogP contribution in [0.5, 0.6) is 0 Å². The van der Waals surface area contributed by atoms with E-state index < -0.39 is 0 Å². The standard InChI is InChI=1S/C36H44N2O/c1-23-29(19-27(21-31(23)37)35(3,4)5)33(25-15-11-9-12-16-25)39-34(26-17-13-10-14-18-26)30-20-28(36(6,7)8)22-32(38)24(30)2/h9-22,33-34H,37-38H2,1-8H3. The van der Waals surface area contributed by atoms with Crippen molar-refractivity contribution in [3.05, 3.63) is 129 Å². The molecule has 0 saturated heterocycles. The summed E-state index contributed by atoms with van der Waals surface area (Å²) in [7, 11) is 0. The fraction of sp³-hybridized carbons (Fsp3) is 0.333. The number of hydrogen-bond donors (Lipinski definition) is 2. The normalized spacial score (nSPS) is 13.7. The van der Waals surface area contributed by atoms with Gasteiger partial charge in [0.25, 0.3) is 0 Å². The van der Waals surface area contributed by atoms with Crippen LogP contribution in [0.4, 0.5) is 11.4 Å². The molecule has 39 heavy (non-hydrogen) atoms. The highest BCUT2D eigenvalue weighted by Gasteiger charge is 2.29. The lowest BCUT2D eigenvalue weighted by Crippen LogP contribution is -2.19.